The van der Waals surface area contributed by atoms with E-state index in [0.717, 1.165) is 11.4 Å². The zero-order valence-corrected chi connectivity index (χ0v) is 13.8. The molecule has 0 bridgehead atoms. The van der Waals surface area contributed by atoms with Gasteiger partial charge in [0.25, 0.3) is 5.91 Å². The van der Waals surface area contributed by atoms with E-state index in [9.17, 15) is 4.79 Å². The molecule has 0 fully saturated rings. The maximum atomic E-state index is 12.4. The molecule has 0 atom stereocenters. The number of hydrogen-bond acceptors (Lipinski definition) is 6. The summed E-state index contributed by atoms with van der Waals surface area (Å²) in [7, 11) is 0. The van der Waals surface area contributed by atoms with Crippen LogP contribution in [0.5, 0.6) is 5.75 Å². The molecule has 1 amide bonds. The van der Waals surface area contributed by atoms with Gasteiger partial charge in [0.05, 0.1) is 12.2 Å². The predicted octanol–water partition coefficient (Wildman–Crippen LogP) is 3.93. The molecule has 0 saturated heterocycles. The van der Waals surface area contributed by atoms with Crippen LogP contribution in [-0.2, 0) is 0 Å². The van der Waals surface area contributed by atoms with Crippen molar-refractivity contribution in [2.75, 3.05) is 17.2 Å². The number of nitrogens with zero attached hydrogens (tertiary/aromatic N) is 2. The highest BCUT2D eigenvalue weighted by Gasteiger charge is 2.13. The summed E-state index contributed by atoms with van der Waals surface area (Å²) in [5.41, 5.74) is 1.27. The molecule has 1 aromatic carbocycles. The van der Waals surface area contributed by atoms with E-state index in [1.165, 1.54) is 11.3 Å². The summed E-state index contributed by atoms with van der Waals surface area (Å²) in [4.78, 5) is 20.7. The van der Waals surface area contributed by atoms with Crippen LogP contribution in [0.25, 0.3) is 0 Å². The maximum absolute atomic E-state index is 12.4. The first kappa shape index (κ1) is 15.9. The molecule has 0 saturated carbocycles. The van der Waals surface area contributed by atoms with Gasteiger partial charge in [-0.15, -0.1) is 11.3 Å². The van der Waals surface area contributed by atoms with Crippen LogP contribution in [-0.4, -0.2) is 22.5 Å². The van der Waals surface area contributed by atoms with E-state index in [1.807, 2.05) is 31.2 Å². The number of nitrogens with one attached hydrogen (secondary N) is 2. The fourth-order valence-corrected chi connectivity index (χ4v) is 2.60. The second kappa shape index (κ2) is 7.56. The minimum atomic E-state index is -0.258. The van der Waals surface area contributed by atoms with Gasteiger partial charge in [0.1, 0.15) is 11.6 Å². The average molecular weight is 340 g/mol. The maximum Gasteiger partial charge on any atom is 0.261 e. The number of amides is 1. The molecule has 0 spiro atoms. The Hall–Kier alpha value is -2.93. The lowest BCUT2D eigenvalue weighted by Crippen LogP contribution is -2.14. The van der Waals surface area contributed by atoms with Crippen molar-refractivity contribution in [2.45, 2.75) is 6.92 Å². The van der Waals surface area contributed by atoms with Crippen molar-refractivity contribution >= 4 is 33.9 Å². The normalized spacial score (nSPS) is 10.2. The van der Waals surface area contributed by atoms with E-state index in [-0.39, 0.29) is 5.91 Å². The molecule has 0 aliphatic rings. The molecule has 2 N–H and O–H groups in total. The summed E-state index contributed by atoms with van der Waals surface area (Å²) >= 11 is 1.36. The molecule has 24 heavy (non-hydrogen) atoms. The molecule has 0 aliphatic carbocycles. The zero-order valence-electron chi connectivity index (χ0n) is 13.0. The minimum Gasteiger partial charge on any atom is -0.494 e. The van der Waals surface area contributed by atoms with Gasteiger partial charge in [-0.3, -0.25) is 10.1 Å². The van der Waals surface area contributed by atoms with E-state index in [4.69, 9.17) is 4.74 Å². The molecule has 0 unspecified atom stereocenters. The van der Waals surface area contributed by atoms with Crippen molar-refractivity contribution in [3.8, 4) is 5.75 Å². The zero-order chi connectivity index (χ0) is 16.8. The Morgan fingerprint density at radius 1 is 1.17 bits per heavy atom. The first-order chi connectivity index (χ1) is 11.8. The molecule has 0 radical (unpaired) electrons. The number of thiazole rings is 1. The van der Waals surface area contributed by atoms with Crippen LogP contribution < -0.4 is 15.4 Å². The molecule has 6 nitrogen and oxygen atoms in total. The van der Waals surface area contributed by atoms with Gasteiger partial charge in [-0.2, -0.15) is 0 Å². The van der Waals surface area contributed by atoms with Crippen LogP contribution >= 0.6 is 11.3 Å². The first-order valence-corrected chi connectivity index (χ1v) is 8.30. The Labute approximate surface area is 143 Å². The number of anilines is 3. The first-order valence-electron chi connectivity index (χ1n) is 7.42. The summed E-state index contributed by atoms with van der Waals surface area (Å²) in [6.07, 6.45) is 3.28. The van der Waals surface area contributed by atoms with E-state index in [0.29, 0.717) is 23.1 Å². The van der Waals surface area contributed by atoms with Gasteiger partial charge in [-0.05, 0) is 43.3 Å². The van der Waals surface area contributed by atoms with Gasteiger partial charge < -0.3 is 10.1 Å². The second-order valence-electron chi connectivity index (χ2n) is 4.77. The molecule has 2 aromatic heterocycles. The average Bonchev–Trinajstić information content (AvgIpc) is 3.10. The molecule has 0 aliphatic heterocycles. The summed E-state index contributed by atoms with van der Waals surface area (Å²) in [6.45, 7) is 2.56. The smallest absolute Gasteiger partial charge is 0.261 e. The van der Waals surface area contributed by atoms with Crippen LogP contribution in [0.2, 0.25) is 0 Å². The molecule has 3 aromatic rings. The highest BCUT2D eigenvalue weighted by molar-refractivity contribution is 7.13. The lowest BCUT2D eigenvalue weighted by Gasteiger charge is -2.11. The summed E-state index contributed by atoms with van der Waals surface area (Å²) in [6, 6.07) is 10.9. The molecular formula is C17H16N4O2S. The van der Waals surface area contributed by atoms with Gasteiger partial charge >= 0.3 is 0 Å². The third kappa shape index (κ3) is 3.88. The Balaban J connectivity index is 1.77. The van der Waals surface area contributed by atoms with E-state index >= 15 is 0 Å². The summed E-state index contributed by atoms with van der Waals surface area (Å²) < 4.78 is 5.42. The van der Waals surface area contributed by atoms with Crippen molar-refractivity contribution in [3.63, 3.8) is 0 Å². The van der Waals surface area contributed by atoms with Crippen LogP contribution in [0, 0.1) is 0 Å². The Kier molecular flexibility index (Phi) is 5.02. The van der Waals surface area contributed by atoms with E-state index in [2.05, 4.69) is 20.6 Å². The number of carbonyl (C=O) groups excluding carboxylic acids is 1. The Morgan fingerprint density at radius 3 is 2.71 bits per heavy atom. The highest BCUT2D eigenvalue weighted by Crippen LogP contribution is 2.22. The van der Waals surface area contributed by atoms with Gasteiger partial charge in [0.2, 0.25) is 0 Å². The number of rotatable bonds is 6. The fourth-order valence-electron chi connectivity index (χ4n) is 2.08. The van der Waals surface area contributed by atoms with Gasteiger partial charge in [0.15, 0.2) is 5.13 Å². The van der Waals surface area contributed by atoms with E-state index in [1.54, 1.807) is 29.9 Å². The Bertz CT molecular complexity index is 804. The van der Waals surface area contributed by atoms with Crippen LogP contribution in [0.3, 0.4) is 0 Å². The predicted molar refractivity (Wildman–Crippen MR) is 95.2 cm³/mol. The largest absolute Gasteiger partial charge is 0.494 e. The number of aromatic nitrogens is 2. The number of ether oxygens (including phenoxy) is 1. The van der Waals surface area contributed by atoms with Crippen molar-refractivity contribution in [3.05, 3.63) is 59.7 Å². The van der Waals surface area contributed by atoms with Crippen molar-refractivity contribution < 1.29 is 9.53 Å². The number of benzene rings is 1. The molecule has 3 rings (SSSR count). The van der Waals surface area contributed by atoms with Crippen molar-refractivity contribution in [1.29, 1.82) is 0 Å². The number of pyridine rings is 1. The SMILES string of the molecule is CCOc1ccc(Nc2ncccc2C(=O)Nc2nccs2)cc1. The molecule has 2 heterocycles. The van der Waals surface area contributed by atoms with Crippen LogP contribution in [0.15, 0.2) is 54.2 Å². The number of hydrogen-bond donors (Lipinski definition) is 2. The Morgan fingerprint density at radius 2 is 2.00 bits per heavy atom. The fraction of sp³-hybridized carbons (Fsp3) is 0.118. The molecular weight excluding hydrogens is 324 g/mol. The summed E-state index contributed by atoms with van der Waals surface area (Å²) in [5, 5.41) is 8.27. The van der Waals surface area contributed by atoms with Crippen LogP contribution in [0.1, 0.15) is 17.3 Å². The molecule has 122 valence electrons. The highest BCUT2D eigenvalue weighted by atomic mass is 32.1. The lowest BCUT2D eigenvalue weighted by molar-refractivity contribution is 0.102. The van der Waals surface area contributed by atoms with Crippen LogP contribution in [0.4, 0.5) is 16.6 Å². The topological polar surface area (TPSA) is 76.1 Å². The quantitative estimate of drug-likeness (QED) is 0.711. The standard InChI is InChI=1S/C17H16N4O2S/c1-2-23-13-7-5-12(6-8-13)20-15-14(4-3-9-18-15)16(22)21-17-19-10-11-24-17/h3-11H,2H2,1H3,(H,18,20)(H,19,21,22). The minimum absolute atomic E-state index is 0.258. The second-order valence-corrected chi connectivity index (χ2v) is 5.67. The third-order valence-corrected chi connectivity index (χ3v) is 3.82. The van der Waals surface area contributed by atoms with Gasteiger partial charge in [-0.1, -0.05) is 0 Å². The van der Waals surface area contributed by atoms with Gasteiger partial charge in [0, 0.05) is 23.5 Å². The summed E-state index contributed by atoms with van der Waals surface area (Å²) in [5.74, 6) is 1.02. The van der Waals surface area contributed by atoms with E-state index < -0.39 is 0 Å². The van der Waals surface area contributed by atoms with Crippen molar-refractivity contribution in [2.24, 2.45) is 0 Å². The molecule has 7 heteroatoms. The van der Waals surface area contributed by atoms with Crippen molar-refractivity contribution in [1.82, 2.24) is 9.97 Å². The monoisotopic (exact) mass is 340 g/mol. The third-order valence-electron chi connectivity index (χ3n) is 3.13. The number of carbonyl (C=O) groups is 1. The lowest BCUT2D eigenvalue weighted by atomic mass is 10.2. The van der Waals surface area contributed by atoms with Gasteiger partial charge in [-0.25, -0.2) is 9.97 Å².